The second-order valence-electron chi connectivity index (χ2n) is 4.23. The largest absolute Gasteiger partial charge is 0.507 e. The zero-order valence-corrected chi connectivity index (χ0v) is 11.7. The summed E-state index contributed by atoms with van der Waals surface area (Å²) >= 11 is 0. The van der Waals surface area contributed by atoms with Gasteiger partial charge < -0.3 is 19.5 Å². The van der Waals surface area contributed by atoms with Crippen LogP contribution in [0.25, 0.3) is 0 Å². The highest BCUT2D eigenvalue weighted by atomic mass is 16.5. The highest BCUT2D eigenvalue weighted by Gasteiger charge is 2.14. The van der Waals surface area contributed by atoms with E-state index in [4.69, 9.17) is 9.47 Å². The van der Waals surface area contributed by atoms with E-state index in [0.29, 0.717) is 12.4 Å². The molecule has 0 aliphatic heterocycles. The van der Waals surface area contributed by atoms with E-state index in [-0.39, 0.29) is 11.3 Å². The smallest absolute Gasteiger partial charge is 0.342 e. The summed E-state index contributed by atoms with van der Waals surface area (Å²) < 4.78 is 10.1. The molecule has 0 aromatic heterocycles. The van der Waals surface area contributed by atoms with Crippen molar-refractivity contribution in [1.82, 2.24) is 0 Å². The van der Waals surface area contributed by atoms with Gasteiger partial charge in [0.2, 0.25) is 0 Å². The standard InChI is InChI=1S/C14H21NO4/c1-4-15(5-2)8-9-19-14(17)12-7-6-11(18-3)10-13(12)16/h6-7,10,16H,4-5,8-9H2,1-3H3/p+1. The molecule has 0 fully saturated rings. The topological polar surface area (TPSA) is 60.2 Å². The van der Waals surface area contributed by atoms with Crippen LogP contribution in [-0.2, 0) is 4.74 Å². The zero-order chi connectivity index (χ0) is 14.3. The zero-order valence-electron chi connectivity index (χ0n) is 11.7. The van der Waals surface area contributed by atoms with E-state index in [2.05, 4.69) is 13.8 Å². The third kappa shape index (κ3) is 4.44. The van der Waals surface area contributed by atoms with Crippen LogP contribution in [0.4, 0.5) is 0 Å². The lowest BCUT2D eigenvalue weighted by atomic mass is 10.2. The number of hydrogen-bond acceptors (Lipinski definition) is 4. The number of carbonyl (C=O) groups excluding carboxylic acids is 1. The van der Waals surface area contributed by atoms with E-state index < -0.39 is 5.97 Å². The molecular formula is C14H22NO4+. The maximum atomic E-state index is 11.8. The van der Waals surface area contributed by atoms with Crippen molar-refractivity contribution in [3.8, 4) is 11.5 Å². The van der Waals surface area contributed by atoms with E-state index in [0.717, 1.165) is 19.6 Å². The van der Waals surface area contributed by atoms with Gasteiger partial charge in [0.1, 0.15) is 30.2 Å². The Labute approximate surface area is 113 Å². The van der Waals surface area contributed by atoms with Crippen LogP contribution in [0.1, 0.15) is 24.2 Å². The minimum atomic E-state index is -0.508. The van der Waals surface area contributed by atoms with Gasteiger partial charge in [0.15, 0.2) is 0 Å². The van der Waals surface area contributed by atoms with Gasteiger partial charge in [-0.05, 0) is 26.0 Å². The second kappa shape index (κ2) is 7.63. The Bertz CT molecular complexity index is 416. The maximum absolute atomic E-state index is 11.8. The van der Waals surface area contributed by atoms with E-state index in [1.165, 1.54) is 24.1 Å². The fraction of sp³-hybridized carbons (Fsp3) is 0.500. The SMILES string of the molecule is CC[NH+](CC)CCOC(=O)c1ccc(OC)cc1O. The number of carbonyl (C=O) groups is 1. The van der Waals surface area contributed by atoms with Gasteiger partial charge in [-0.15, -0.1) is 0 Å². The van der Waals surface area contributed by atoms with Gasteiger partial charge >= 0.3 is 5.97 Å². The number of likely N-dealkylation sites (N-methyl/N-ethyl adjacent to an activating group) is 1. The van der Waals surface area contributed by atoms with Crippen molar-refractivity contribution in [1.29, 1.82) is 0 Å². The number of phenolic OH excluding ortho intramolecular Hbond substituents is 1. The maximum Gasteiger partial charge on any atom is 0.342 e. The highest BCUT2D eigenvalue weighted by Crippen LogP contribution is 2.23. The summed E-state index contributed by atoms with van der Waals surface area (Å²) in [6.45, 7) is 7.31. The molecule has 0 heterocycles. The molecule has 0 aliphatic rings. The summed E-state index contributed by atoms with van der Waals surface area (Å²) in [5, 5.41) is 9.71. The number of quaternary nitrogens is 1. The van der Waals surface area contributed by atoms with E-state index in [1.807, 2.05) is 0 Å². The van der Waals surface area contributed by atoms with Gasteiger partial charge in [0.05, 0.1) is 20.2 Å². The first-order chi connectivity index (χ1) is 9.12. The summed E-state index contributed by atoms with van der Waals surface area (Å²) in [7, 11) is 1.50. The molecule has 1 rings (SSSR count). The molecule has 0 saturated carbocycles. The Morgan fingerprint density at radius 2 is 2.00 bits per heavy atom. The van der Waals surface area contributed by atoms with Gasteiger partial charge in [-0.3, -0.25) is 0 Å². The Hall–Kier alpha value is -1.75. The van der Waals surface area contributed by atoms with Crippen LogP contribution in [0.15, 0.2) is 18.2 Å². The number of benzene rings is 1. The number of nitrogens with one attached hydrogen (secondary N) is 1. The predicted octanol–water partition coefficient (Wildman–Crippen LogP) is 0.482. The van der Waals surface area contributed by atoms with Crippen LogP contribution >= 0.6 is 0 Å². The van der Waals surface area contributed by atoms with Crippen LogP contribution in [0.2, 0.25) is 0 Å². The molecule has 2 N–H and O–H groups in total. The Morgan fingerprint density at radius 1 is 1.32 bits per heavy atom. The first-order valence-electron chi connectivity index (χ1n) is 6.50. The minimum Gasteiger partial charge on any atom is -0.507 e. The molecular weight excluding hydrogens is 246 g/mol. The van der Waals surface area contributed by atoms with Gasteiger partial charge in [-0.2, -0.15) is 0 Å². The molecule has 1 aromatic carbocycles. The summed E-state index contributed by atoms with van der Waals surface area (Å²) in [6.07, 6.45) is 0. The molecule has 0 atom stereocenters. The summed E-state index contributed by atoms with van der Waals surface area (Å²) in [4.78, 5) is 13.2. The molecule has 106 valence electrons. The summed E-state index contributed by atoms with van der Waals surface area (Å²) in [6, 6.07) is 4.51. The number of rotatable bonds is 7. The summed E-state index contributed by atoms with van der Waals surface area (Å²) in [5.41, 5.74) is 0.162. The van der Waals surface area contributed by atoms with Crippen LogP contribution in [0.3, 0.4) is 0 Å². The van der Waals surface area contributed by atoms with Gasteiger partial charge in [-0.25, -0.2) is 4.79 Å². The molecule has 0 aliphatic carbocycles. The minimum absolute atomic E-state index is 0.125. The van der Waals surface area contributed by atoms with Crippen LogP contribution in [-0.4, -0.2) is 44.4 Å². The average Bonchev–Trinajstić information content (AvgIpc) is 2.43. The van der Waals surface area contributed by atoms with Gasteiger partial charge in [0, 0.05) is 6.07 Å². The van der Waals surface area contributed by atoms with Crippen molar-refractivity contribution in [2.75, 3.05) is 33.4 Å². The molecule has 0 saturated heterocycles. The molecule has 1 aromatic rings. The molecule has 0 spiro atoms. The Balaban J connectivity index is 2.54. The van der Waals surface area contributed by atoms with Crippen LogP contribution in [0.5, 0.6) is 11.5 Å². The van der Waals surface area contributed by atoms with Crippen LogP contribution in [0, 0.1) is 0 Å². The number of methoxy groups -OCH3 is 1. The fourth-order valence-corrected chi connectivity index (χ4v) is 1.78. The van der Waals surface area contributed by atoms with Crippen LogP contribution < -0.4 is 9.64 Å². The quantitative estimate of drug-likeness (QED) is 0.706. The Kier molecular flexibility index (Phi) is 6.15. The number of ether oxygens (including phenoxy) is 2. The first-order valence-corrected chi connectivity index (χ1v) is 6.50. The van der Waals surface area contributed by atoms with E-state index >= 15 is 0 Å². The second-order valence-corrected chi connectivity index (χ2v) is 4.23. The lowest BCUT2D eigenvalue weighted by Crippen LogP contribution is -3.11. The van der Waals surface area contributed by atoms with Crippen molar-refractivity contribution in [2.24, 2.45) is 0 Å². The summed E-state index contributed by atoms with van der Waals surface area (Å²) in [5.74, 6) is -0.132. The lowest BCUT2D eigenvalue weighted by Gasteiger charge is -2.15. The average molecular weight is 268 g/mol. The molecule has 19 heavy (non-hydrogen) atoms. The number of esters is 1. The van der Waals surface area contributed by atoms with E-state index in [1.54, 1.807) is 6.07 Å². The van der Waals surface area contributed by atoms with Crippen molar-refractivity contribution in [2.45, 2.75) is 13.8 Å². The highest BCUT2D eigenvalue weighted by molar-refractivity contribution is 5.92. The number of phenols is 1. The first kappa shape index (κ1) is 15.3. The number of aromatic hydroxyl groups is 1. The Morgan fingerprint density at radius 3 is 2.53 bits per heavy atom. The molecule has 5 nitrogen and oxygen atoms in total. The van der Waals surface area contributed by atoms with Gasteiger partial charge in [-0.1, -0.05) is 0 Å². The fourth-order valence-electron chi connectivity index (χ4n) is 1.78. The third-order valence-electron chi connectivity index (χ3n) is 3.11. The van der Waals surface area contributed by atoms with Crippen molar-refractivity contribution in [3.63, 3.8) is 0 Å². The molecule has 0 radical (unpaired) electrons. The normalized spacial score (nSPS) is 10.5. The van der Waals surface area contributed by atoms with Gasteiger partial charge in [0.25, 0.3) is 0 Å². The molecule has 5 heteroatoms. The van der Waals surface area contributed by atoms with Crippen molar-refractivity contribution in [3.05, 3.63) is 23.8 Å². The van der Waals surface area contributed by atoms with Crippen molar-refractivity contribution < 1.29 is 24.3 Å². The lowest BCUT2D eigenvalue weighted by molar-refractivity contribution is -0.896. The monoisotopic (exact) mass is 268 g/mol. The third-order valence-corrected chi connectivity index (χ3v) is 3.11. The number of hydrogen-bond donors (Lipinski definition) is 2. The predicted molar refractivity (Wildman–Crippen MR) is 71.9 cm³/mol. The molecule has 0 bridgehead atoms. The molecule has 0 amide bonds. The molecule has 0 unspecified atom stereocenters. The van der Waals surface area contributed by atoms with E-state index in [9.17, 15) is 9.90 Å². The van der Waals surface area contributed by atoms with Crippen molar-refractivity contribution >= 4 is 5.97 Å².